The fourth-order valence-corrected chi connectivity index (χ4v) is 2.19. The minimum Gasteiger partial charge on any atom is -0.382 e. The van der Waals surface area contributed by atoms with Gasteiger partial charge in [0.2, 0.25) is 5.91 Å². The lowest BCUT2D eigenvalue weighted by Crippen LogP contribution is -2.38. The van der Waals surface area contributed by atoms with Crippen LogP contribution in [0.4, 0.5) is 11.6 Å². The molecular formula is C16H30ClN9O2. The molecule has 2 amide bonds. The van der Waals surface area contributed by atoms with E-state index in [9.17, 15) is 9.59 Å². The van der Waals surface area contributed by atoms with Crippen LogP contribution in [0, 0.1) is 0 Å². The van der Waals surface area contributed by atoms with Gasteiger partial charge in [-0.05, 0) is 12.8 Å². The molecule has 0 aliphatic rings. The van der Waals surface area contributed by atoms with Gasteiger partial charge in [-0.15, -0.1) is 0 Å². The van der Waals surface area contributed by atoms with Gasteiger partial charge < -0.3 is 28.3 Å². The molecule has 10 N–H and O–H groups in total. The number of halogens is 1. The van der Waals surface area contributed by atoms with E-state index in [-0.39, 0.29) is 41.8 Å². The quantitative estimate of drug-likeness (QED) is 0.174. The van der Waals surface area contributed by atoms with Gasteiger partial charge in [0.15, 0.2) is 28.4 Å². The number of nitrogens with zero attached hydrogens (tertiary/aromatic N) is 3. The molecular weight excluding hydrogens is 386 g/mol. The minimum atomic E-state index is -0.670. The second-order valence-corrected chi connectivity index (χ2v) is 6.02. The summed E-state index contributed by atoms with van der Waals surface area (Å²) in [5, 5.41) is 5.04. The van der Waals surface area contributed by atoms with Crippen LogP contribution in [0.3, 0.4) is 0 Å². The van der Waals surface area contributed by atoms with Crippen molar-refractivity contribution in [2.24, 2.45) is 16.5 Å². The molecule has 0 fully saturated rings. The van der Waals surface area contributed by atoms with E-state index >= 15 is 0 Å². The fourth-order valence-electron chi connectivity index (χ4n) is 2.06. The molecule has 1 heterocycles. The van der Waals surface area contributed by atoms with Crippen molar-refractivity contribution >= 4 is 41.0 Å². The summed E-state index contributed by atoms with van der Waals surface area (Å²) < 4.78 is 0. The molecule has 11 nitrogen and oxygen atoms in total. The SMILES string of the molecule is C.NCCC(=O)NCCCCCCN=C(N)NC(=O)c1nc(Cl)c(N)nc1N. The Morgan fingerprint density at radius 1 is 1.07 bits per heavy atom. The first-order valence-corrected chi connectivity index (χ1v) is 8.89. The van der Waals surface area contributed by atoms with Gasteiger partial charge in [0.1, 0.15) is 0 Å². The Morgan fingerprint density at radius 3 is 2.43 bits per heavy atom. The smallest absolute Gasteiger partial charge is 0.280 e. The van der Waals surface area contributed by atoms with E-state index in [0.29, 0.717) is 26.1 Å². The summed E-state index contributed by atoms with van der Waals surface area (Å²) in [4.78, 5) is 34.8. The lowest BCUT2D eigenvalue weighted by atomic mass is 10.2. The van der Waals surface area contributed by atoms with Crippen molar-refractivity contribution in [1.29, 1.82) is 0 Å². The zero-order chi connectivity index (χ0) is 20.2. The zero-order valence-corrected chi connectivity index (χ0v) is 15.8. The third-order valence-electron chi connectivity index (χ3n) is 3.42. The minimum absolute atomic E-state index is 0. The largest absolute Gasteiger partial charge is 0.382 e. The maximum absolute atomic E-state index is 12.1. The number of nitrogen functional groups attached to an aromatic ring is 2. The van der Waals surface area contributed by atoms with Gasteiger partial charge in [0.05, 0.1) is 0 Å². The van der Waals surface area contributed by atoms with Crippen molar-refractivity contribution < 1.29 is 9.59 Å². The van der Waals surface area contributed by atoms with Crippen LogP contribution in [-0.2, 0) is 4.79 Å². The molecule has 158 valence electrons. The van der Waals surface area contributed by atoms with E-state index in [2.05, 4.69) is 25.6 Å². The number of rotatable bonds is 10. The number of amides is 2. The van der Waals surface area contributed by atoms with Crippen LogP contribution in [-0.4, -0.2) is 47.4 Å². The number of nitrogens with two attached hydrogens (primary N) is 4. The highest BCUT2D eigenvalue weighted by Crippen LogP contribution is 2.17. The molecule has 0 aromatic carbocycles. The predicted octanol–water partition coefficient (Wildman–Crippen LogP) is 0.000400. The number of hydrogen-bond donors (Lipinski definition) is 6. The third-order valence-corrected chi connectivity index (χ3v) is 3.70. The van der Waals surface area contributed by atoms with Crippen LogP contribution in [0.15, 0.2) is 4.99 Å². The van der Waals surface area contributed by atoms with Crippen LogP contribution < -0.4 is 33.6 Å². The van der Waals surface area contributed by atoms with E-state index in [1.54, 1.807) is 0 Å². The average molecular weight is 416 g/mol. The highest BCUT2D eigenvalue weighted by atomic mass is 35.5. The molecule has 1 rings (SSSR count). The first-order valence-electron chi connectivity index (χ1n) is 8.51. The van der Waals surface area contributed by atoms with E-state index in [0.717, 1.165) is 25.7 Å². The molecule has 0 radical (unpaired) electrons. The van der Waals surface area contributed by atoms with Crippen molar-refractivity contribution in [2.45, 2.75) is 39.5 Å². The summed E-state index contributed by atoms with van der Waals surface area (Å²) in [5.74, 6) is -0.968. The normalized spacial score (nSPS) is 10.9. The fraction of sp³-hybridized carbons (Fsp3) is 0.562. The van der Waals surface area contributed by atoms with Gasteiger partial charge in [0, 0.05) is 26.1 Å². The molecule has 1 aromatic heterocycles. The Kier molecular flexibility index (Phi) is 12.2. The topological polar surface area (TPSA) is 200 Å². The maximum Gasteiger partial charge on any atom is 0.280 e. The third kappa shape index (κ3) is 9.33. The van der Waals surface area contributed by atoms with Gasteiger partial charge in [-0.3, -0.25) is 19.9 Å². The highest BCUT2D eigenvalue weighted by Gasteiger charge is 2.16. The molecule has 0 saturated carbocycles. The molecule has 0 aliphatic heterocycles. The summed E-state index contributed by atoms with van der Waals surface area (Å²) in [5.41, 5.74) is 21.8. The lowest BCUT2D eigenvalue weighted by Gasteiger charge is -2.07. The van der Waals surface area contributed by atoms with E-state index in [1.165, 1.54) is 0 Å². The van der Waals surface area contributed by atoms with E-state index in [1.807, 2.05) is 0 Å². The van der Waals surface area contributed by atoms with Gasteiger partial charge in [-0.25, -0.2) is 9.97 Å². The number of unbranched alkanes of at least 4 members (excludes halogenated alkanes) is 3. The Labute approximate surface area is 169 Å². The summed E-state index contributed by atoms with van der Waals surface area (Å²) in [6.45, 7) is 1.44. The van der Waals surface area contributed by atoms with Gasteiger partial charge in [-0.1, -0.05) is 31.9 Å². The summed E-state index contributed by atoms with van der Waals surface area (Å²) in [6, 6.07) is 0. The van der Waals surface area contributed by atoms with E-state index in [4.69, 9.17) is 34.5 Å². The molecule has 0 aliphatic carbocycles. The van der Waals surface area contributed by atoms with Crippen LogP contribution >= 0.6 is 11.6 Å². The Balaban J connectivity index is 0.00000729. The van der Waals surface area contributed by atoms with Gasteiger partial charge in [-0.2, -0.15) is 0 Å². The van der Waals surface area contributed by atoms with Crippen molar-refractivity contribution in [3.63, 3.8) is 0 Å². The van der Waals surface area contributed by atoms with Crippen molar-refractivity contribution in [1.82, 2.24) is 20.6 Å². The number of carbonyl (C=O) groups is 2. The van der Waals surface area contributed by atoms with Gasteiger partial charge in [0.25, 0.3) is 5.91 Å². The lowest BCUT2D eigenvalue weighted by molar-refractivity contribution is -0.120. The standard InChI is InChI=1S/C15H26ClN9O2.CH4/c16-11-13(19)24-12(18)10(23-11)14(27)25-15(20)22-8-4-2-1-3-7-21-9(26)5-6-17;/h1-8,17H2,(H,21,26)(H4,18,19,24)(H3,20,22,25,27);1H4. The number of aromatic nitrogens is 2. The first kappa shape index (κ1) is 25.3. The van der Waals surface area contributed by atoms with Crippen LogP contribution in [0.25, 0.3) is 0 Å². The Morgan fingerprint density at radius 2 is 1.75 bits per heavy atom. The molecule has 0 atom stereocenters. The molecule has 12 heteroatoms. The zero-order valence-electron chi connectivity index (χ0n) is 15.0. The van der Waals surface area contributed by atoms with Crippen molar-refractivity contribution in [2.75, 3.05) is 31.1 Å². The molecule has 0 spiro atoms. The number of aliphatic imine (C=N–C) groups is 1. The second kappa shape index (κ2) is 13.5. The monoisotopic (exact) mass is 415 g/mol. The molecule has 0 saturated heterocycles. The number of carbonyl (C=O) groups excluding carboxylic acids is 2. The molecule has 28 heavy (non-hydrogen) atoms. The Bertz CT molecular complexity index is 682. The van der Waals surface area contributed by atoms with Gasteiger partial charge >= 0.3 is 0 Å². The summed E-state index contributed by atoms with van der Waals surface area (Å²) in [7, 11) is 0. The van der Waals surface area contributed by atoms with Crippen LogP contribution in [0.1, 0.15) is 50.0 Å². The van der Waals surface area contributed by atoms with Crippen molar-refractivity contribution in [3.05, 3.63) is 10.8 Å². The molecule has 1 aromatic rings. The number of anilines is 2. The maximum atomic E-state index is 12.1. The average Bonchev–Trinajstić information content (AvgIpc) is 2.60. The number of nitrogens with one attached hydrogen (secondary N) is 2. The molecule has 0 bridgehead atoms. The number of guanidine groups is 1. The van der Waals surface area contributed by atoms with E-state index < -0.39 is 5.91 Å². The number of hydrogen-bond acceptors (Lipinski definition) is 8. The summed E-state index contributed by atoms with van der Waals surface area (Å²) in [6.07, 6.45) is 3.88. The highest BCUT2D eigenvalue weighted by molar-refractivity contribution is 6.31. The van der Waals surface area contributed by atoms with Crippen molar-refractivity contribution in [3.8, 4) is 0 Å². The molecule has 0 unspecified atom stereocenters. The Hall–Kier alpha value is -2.66. The van der Waals surface area contributed by atoms with Crippen LogP contribution in [0.5, 0.6) is 0 Å². The predicted molar refractivity (Wildman–Crippen MR) is 112 cm³/mol. The second-order valence-electron chi connectivity index (χ2n) is 5.66. The first-order chi connectivity index (χ1) is 12.8. The summed E-state index contributed by atoms with van der Waals surface area (Å²) >= 11 is 5.73. The van der Waals surface area contributed by atoms with Crippen LogP contribution in [0.2, 0.25) is 5.15 Å².